The van der Waals surface area contributed by atoms with Gasteiger partial charge < -0.3 is 0 Å². The molecule has 0 amide bonds. The smallest absolute Gasteiger partial charge is 0.0807 e. The molecule has 0 saturated carbocycles. The molecule has 0 aliphatic heterocycles. The Morgan fingerprint density at radius 2 is 1.40 bits per heavy atom. The predicted octanol–water partition coefficient (Wildman–Crippen LogP) is 1.76. The Morgan fingerprint density at radius 1 is 1.00 bits per heavy atom. The van der Waals surface area contributed by atoms with Crippen molar-refractivity contribution in [2.45, 2.75) is 0 Å². The molecule has 0 aliphatic rings. The molecule has 0 aromatic carbocycles. The number of nitrogens with zero attached hydrogens (tertiary/aromatic N) is 2. The largest absolute Gasteiger partial charge is 0.253 e. The fourth-order valence-corrected chi connectivity index (χ4v) is 0.559. The van der Waals surface area contributed by atoms with Gasteiger partial charge in [-0.3, -0.25) is 9.97 Å². The van der Waals surface area contributed by atoms with Crippen LogP contribution in [0.15, 0.2) is 25.6 Å². The maximum Gasteiger partial charge on any atom is 0.0807 e. The average molecular weight is 132 g/mol. The third kappa shape index (κ3) is 1.29. The Kier molecular flexibility index (Phi) is 1.95. The van der Waals surface area contributed by atoms with Gasteiger partial charge in [-0.2, -0.15) is 0 Å². The van der Waals surface area contributed by atoms with Gasteiger partial charge in [-0.05, 0) is 12.2 Å². The van der Waals surface area contributed by atoms with Crippen LogP contribution in [0.1, 0.15) is 11.4 Å². The normalized spacial score (nSPS) is 8.80. The van der Waals surface area contributed by atoms with Gasteiger partial charge in [-0.1, -0.05) is 13.2 Å². The van der Waals surface area contributed by atoms with E-state index in [2.05, 4.69) is 23.1 Å². The van der Waals surface area contributed by atoms with Crippen LogP contribution in [0.4, 0.5) is 0 Å². The van der Waals surface area contributed by atoms with Crippen molar-refractivity contribution in [2.24, 2.45) is 0 Å². The summed E-state index contributed by atoms with van der Waals surface area (Å²) in [6.07, 6.45) is 6.62. The molecule has 50 valence electrons. The maximum absolute atomic E-state index is 4.02. The summed E-state index contributed by atoms with van der Waals surface area (Å²) in [6.45, 7) is 7.12. The van der Waals surface area contributed by atoms with E-state index in [4.69, 9.17) is 0 Å². The summed E-state index contributed by atoms with van der Waals surface area (Å²) >= 11 is 0. The van der Waals surface area contributed by atoms with Crippen LogP contribution in [0.25, 0.3) is 12.2 Å². The second kappa shape index (κ2) is 2.92. The van der Waals surface area contributed by atoms with Gasteiger partial charge in [0, 0.05) is 0 Å². The monoisotopic (exact) mass is 132 g/mol. The minimum absolute atomic E-state index is 0.783. The quantitative estimate of drug-likeness (QED) is 0.612. The molecule has 2 heteroatoms. The minimum atomic E-state index is 0.783. The average Bonchev–Trinajstić information content (AvgIpc) is 2.05. The van der Waals surface area contributed by atoms with Crippen LogP contribution in [-0.2, 0) is 0 Å². The molecule has 0 fully saturated rings. The first-order chi connectivity index (χ1) is 4.86. The standard InChI is InChI=1S/C8H8N2/c1-3-7-5-10-8(4-2)6-9-7/h3-6H,1-2H2. The van der Waals surface area contributed by atoms with Gasteiger partial charge >= 0.3 is 0 Å². The lowest BCUT2D eigenvalue weighted by Crippen LogP contribution is -1.84. The van der Waals surface area contributed by atoms with Gasteiger partial charge in [0.15, 0.2) is 0 Å². The van der Waals surface area contributed by atoms with Crippen molar-refractivity contribution in [2.75, 3.05) is 0 Å². The second-order valence-corrected chi connectivity index (χ2v) is 1.77. The first-order valence-corrected chi connectivity index (χ1v) is 2.93. The van der Waals surface area contributed by atoms with Crippen molar-refractivity contribution in [3.8, 4) is 0 Å². The van der Waals surface area contributed by atoms with Crippen molar-refractivity contribution < 1.29 is 0 Å². The highest BCUT2D eigenvalue weighted by Crippen LogP contribution is 1.96. The zero-order valence-corrected chi connectivity index (χ0v) is 5.62. The third-order valence-corrected chi connectivity index (χ3v) is 1.11. The number of aromatic nitrogens is 2. The molecule has 0 spiro atoms. The lowest BCUT2D eigenvalue weighted by molar-refractivity contribution is 1.16. The molecule has 1 aromatic heterocycles. The molecule has 0 atom stereocenters. The molecule has 0 unspecified atom stereocenters. The molecule has 10 heavy (non-hydrogen) atoms. The molecule has 1 aromatic rings. The van der Waals surface area contributed by atoms with Crippen LogP contribution in [0, 0.1) is 0 Å². The Bertz CT molecular complexity index is 209. The molecular weight excluding hydrogens is 124 g/mol. The number of rotatable bonds is 2. The van der Waals surface area contributed by atoms with E-state index in [9.17, 15) is 0 Å². The summed E-state index contributed by atoms with van der Waals surface area (Å²) in [6, 6.07) is 0. The van der Waals surface area contributed by atoms with Gasteiger partial charge in [-0.25, -0.2) is 0 Å². The molecule has 1 heterocycles. The summed E-state index contributed by atoms with van der Waals surface area (Å²) in [7, 11) is 0. The van der Waals surface area contributed by atoms with E-state index in [-0.39, 0.29) is 0 Å². The van der Waals surface area contributed by atoms with Crippen molar-refractivity contribution >= 4 is 12.2 Å². The van der Waals surface area contributed by atoms with Crippen LogP contribution in [0.3, 0.4) is 0 Å². The highest BCUT2D eigenvalue weighted by Gasteiger charge is 1.87. The van der Waals surface area contributed by atoms with E-state index < -0.39 is 0 Å². The van der Waals surface area contributed by atoms with Crippen molar-refractivity contribution in [1.29, 1.82) is 0 Å². The lowest BCUT2D eigenvalue weighted by atomic mass is 10.4. The Labute approximate surface area is 60.0 Å². The van der Waals surface area contributed by atoms with Gasteiger partial charge in [0.25, 0.3) is 0 Å². The Morgan fingerprint density at radius 3 is 1.60 bits per heavy atom. The van der Waals surface area contributed by atoms with E-state index in [0.29, 0.717) is 0 Å². The van der Waals surface area contributed by atoms with Gasteiger partial charge in [0.1, 0.15) is 0 Å². The highest BCUT2D eigenvalue weighted by molar-refractivity contribution is 5.44. The van der Waals surface area contributed by atoms with Crippen LogP contribution >= 0.6 is 0 Å². The zero-order valence-electron chi connectivity index (χ0n) is 5.62. The Hall–Kier alpha value is -1.44. The maximum atomic E-state index is 4.02. The van der Waals surface area contributed by atoms with Gasteiger partial charge in [0.05, 0.1) is 23.8 Å². The predicted molar refractivity (Wildman–Crippen MR) is 42.2 cm³/mol. The van der Waals surface area contributed by atoms with E-state index in [0.717, 1.165) is 11.4 Å². The summed E-state index contributed by atoms with van der Waals surface area (Å²) in [4.78, 5) is 8.03. The van der Waals surface area contributed by atoms with Crippen LogP contribution in [0.5, 0.6) is 0 Å². The highest BCUT2D eigenvalue weighted by atomic mass is 14.8. The van der Waals surface area contributed by atoms with Crippen LogP contribution < -0.4 is 0 Å². The van der Waals surface area contributed by atoms with E-state index >= 15 is 0 Å². The lowest BCUT2D eigenvalue weighted by Gasteiger charge is -1.91. The van der Waals surface area contributed by atoms with Gasteiger partial charge in [0.2, 0.25) is 0 Å². The van der Waals surface area contributed by atoms with Crippen molar-refractivity contribution in [3.05, 3.63) is 36.9 Å². The van der Waals surface area contributed by atoms with Crippen molar-refractivity contribution in [1.82, 2.24) is 9.97 Å². The Balaban J connectivity index is 3.00. The summed E-state index contributed by atoms with van der Waals surface area (Å²) in [5.74, 6) is 0. The second-order valence-electron chi connectivity index (χ2n) is 1.77. The summed E-state index contributed by atoms with van der Waals surface area (Å²) < 4.78 is 0. The zero-order chi connectivity index (χ0) is 7.40. The van der Waals surface area contributed by atoms with E-state index in [1.165, 1.54) is 0 Å². The first kappa shape index (κ1) is 6.68. The topological polar surface area (TPSA) is 25.8 Å². The van der Waals surface area contributed by atoms with Crippen LogP contribution in [0.2, 0.25) is 0 Å². The molecule has 0 aliphatic carbocycles. The SMILES string of the molecule is C=Cc1cnc(C=C)cn1. The van der Waals surface area contributed by atoms with E-state index in [1.807, 2.05) is 0 Å². The third-order valence-electron chi connectivity index (χ3n) is 1.11. The molecule has 0 saturated heterocycles. The fourth-order valence-electron chi connectivity index (χ4n) is 0.559. The number of hydrogen-bond donors (Lipinski definition) is 0. The summed E-state index contributed by atoms with van der Waals surface area (Å²) in [5.41, 5.74) is 1.57. The summed E-state index contributed by atoms with van der Waals surface area (Å²) in [5, 5.41) is 0. The van der Waals surface area contributed by atoms with Crippen molar-refractivity contribution in [3.63, 3.8) is 0 Å². The molecule has 0 N–H and O–H groups in total. The van der Waals surface area contributed by atoms with E-state index in [1.54, 1.807) is 24.5 Å². The first-order valence-electron chi connectivity index (χ1n) is 2.93. The van der Waals surface area contributed by atoms with Crippen LogP contribution in [-0.4, -0.2) is 9.97 Å². The number of hydrogen-bond acceptors (Lipinski definition) is 2. The molecule has 1 rings (SSSR count). The van der Waals surface area contributed by atoms with Gasteiger partial charge in [-0.15, -0.1) is 0 Å². The molecule has 0 bridgehead atoms. The fraction of sp³-hybridized carbons (Fsp3) is 0. The minimum Gasteiger partial charge on any atom is -0.253 e. The molecular formula is C8H8N2. The molecule has 0 radical (unpaired) electrons. The molecule has 2 nitrogen and oxygen atoms in total.